The van der Waals surface area contributed by atoms with Crippen molar-refractivity contribution in [3.8, 4) is 0 Å². The Morgan fingerprint density at radius 3 is 3.09 bits per heavy atom. The molecule has 1 N–H and O–H groups in total. The third-order valence-electron chi connectivity index (χ3n) is 1.53. The van der Waals surface area contributed by atoms with Gasteiger partial charge in [-0.25, -0.2) is 0 Å². The van der Waals surface area contributed by atoms with Crippen LogP contribution in [0.1, 0.15) is 6.42 Å². The van der Waals surface area contributed by atoms with Gasteiger partial charge in [0.1, 0.15) is 6.73 Å². The fourth-order valence-electron chi connectivity index (χ4n) is 1.09. The minimum atomic E-state index is 0.648. The number of hydrogen-bond acceptors (Lipinski definition) is 4. The van der Waals surface area contributed by atoms with Crippen molar-refractivity contribution in [1.82, 2.24) is 10.4 Å². The lowest BCUT2D eigenvalue weighted by molar-refractivity contribution is 0.102. The Hall–Kier alpha value is -0.740. The molecule has 0 aliphatic carbocycles. The minimum Gasteiger partial charge on any atom is -0.364 e. The Morgan fingerprint density at radius 2 is 2.45 bits per heavy atom. The van der Waals surface area contributed by atoms with Crippen molar-refractivity contribution in [2.24, 2.45) is 0 Å². The summed E-state index contributed by atoms with van der Waals surface area (Å²) in [5.74, 6) is 0. The van der Waals surface area contributed by atoms with E-state index in [-0.39, 0.29) is 0 Å². The zero-order valence-electron chi connectivity index (χ0n) is 6.96. The van der Waals surface area contributed by atoms with Crippen LogP contribution in [0.25, 0.3) is 0 Å². The van der Waals surface area contributed by atoms with Crippen LogP contribution in [0, 0.1) is 0 Å². The topological polar surface area (TPSA) is 33.7 Å². The summed E-state index contributed by atoms with van der Waals surface area (Å²) in [5, 5.41) is 0. The largest absolute Gasteiger partial charge is 0.364 e. The number of rotatable bonds is 4. The molecule has 0 fully saturated rings. The molecule has 11 heavy (non-hydrogen) atoms. The maximum Gasteiger partial charge on any atom is 0.118 e. The maximum atomic E-state index is 4.96. The summed E-state index contributed by atoms with van der Waals surface area (Å²) in [6.45, 7) is 1.65. The van der Waals surface area contributed by atoms with Crippen molar-refractivity contribution in [3.63, 3.8) is 0 Å². The molecule has 0 aromatic carbocycles. The van der Waals surface area contributed by atoms with Crippen LogP contribution in [0.2, 0.25) is 0 Å². The molecule has 1 aliphatic heterocycles. The second-order valence-corrected chi connectivity index (χ2v) is 2.44. The van der Waals surface area contributed by atoms with Crippen molar-refractivity contribution in [2.75, 3.05) is 27.5 Å². The minimum absolute atomic E-state index is 0.648. The summed E-state index contributed by atoms with van der Waals surface area (Å²) in [7, 11) is 3.30. The van der Waals surface area contributed by atoms with Crippen molar-refractivity contribution >= 4 is 0 Å². The van der Waals surface area contributed by atoms with Crippen LogP contribution >= 0.6 is 0 Å². The Kier molecular flexibility index (Phi) is 3.19. The van der Waals surface area contributed by atoms with E-state index in [0.29, 0.717) is 6.73 Å². The summed E-state index contributed by atoms with van der Waals surface area (Å²) < 4.78 is 4.96. The number of hydrogen-bond donors (Lipinski definition) is 1. The van der Waals surface area contributed by atoms with E-state index in [1.807, 2.05) is 6.20 Å². The molecule has 0 aromatic heterocycles. The zero-order chi connectivity index (χ0) is 8.10. The molecule has 0 unspecified atom stereocenters. The van der Waals surface area contributed by atoms with Crippen molar-refractivity contribution < 1.29 is 9.57 Å². The van der Waals surface area contributed by atoms with E-state index >= 15 is 0 Å². The van der Waals surface area contributed by atoms with Crippen LogP contribution in [-0.2, 0) is 9.57 Å². The number of nitrogens with one attached hydrogen (secondary N) is 1. The van der Waals surface area contributed by atoms with E-state index in [4.69, 9.17) is 9.57 Å². The number of ether oxygens (including phenoxy) is 1. The van der Waals surface area contributed by atoms with Gasteiger partial charge in [0.05, 0.1) is 12.8 Å². The first kappa shape index (κ1) is 8.36. The van der Waals surface area contributed by atoms with Crippen LogP contribution in [-0.4, -0.2) is 32.4 Å². The first-order valence-corrected chi connectivity index (χ1v) is 3.59. The lowest BCUT2D eigenvalue weighted by Gasteiger charge is -2.11. The van der Waals surface area contributed by atoms with Gasteiger partial charge in [0, 0.05) is 26.3 Å². The van der Waals surface area contributed by atoms with Crippen molar-refractivity contribution in [1.29, 1.82) is 0 Å². The predicted molar refractivity (Wildman–Crippen MR) is 41.4 cm³/mol. The standard InChI is InChI=1S/C7H14N2O2/c1-10-6-9-4-3-7(5-9)8-11-2/h5,8H,3-4,6H2,1-2H3. The maximum absolute atomic E-state index is 4.96. The number of hydroxylamine groups is 1. The summed E-state index contributed by atoms with van der Waals surface area (Å²) in [5.41, 5.74) is 3.90. The second-order valence-electron chi connectivity index (χ2n) is 2.44. The molecule has 1 rings (SSSR count). The molecule has 0 bridgehead atoms. The third-order valence-corrected chi connectivity index (χ3v) is 1.53. The molecule has 0 saturated heterocycles. The predicted octanol–water partition coefficient (Wildman–Crippen LogP) is 0.288. The first-order chi connectivity index (χ1) is 5.36. The highest BCUT2D eigenvalue weighted by Crippen LogP contribution is 2.10. The van der Waals surface area contributed by atoms with Gasteiger partial charge in [0.2, 0.25) is 0 Å². The van der Waals surface area contributed by atoms with Gasteiger partial charge in [-0.15, -0.1) is 0 Å². The van der Waals surface area contributed by atoms with Gasteiger partial charge < -0.3 is 9.64 Å². The third kappa shape index (κ3) is 2.40. The molecule has 0 radical (unpaired) electrons. The van der Waals surface area contributed by atoms with Crippen molar-refractivity contribution in [3.05, 3.63) is 11.9 Å². The zero-order valence-corrected chi connectivity index (χ0v) is 6.96. The van der Waals surface area contributed by atoms with Crippen LogP contribution < -0.4 is 5.48 Å². The Balaban J connectivity index is 2.28. The van der Waals surface area contributed by atoms with E-state index in [2.05, 4.69) is 10.4 Å². The lowest BCUT2D eigenvalue weighted by Crippen LogP contribution is -2.16. The molecule has 0 atom stereocenters. The Bertz CT molecular complexity index is 147. The highest BCUT2D eigenvalue weighted by atomic mass is 16.6. The average molecular weight is 158 g/mol. The first-order valence-electron chi connectivity index (χ1n) is 3.59. The van der Waals surface area contributed by atoms with E-state index in [1.165, 1.54) is 0 Å². The molecular weight excluding hydrogens is 144 g/mol. The van der Waals surface area contributed by atoms with Gasteiger partial charge in [0.25, 0.3) is 0 Å². The van der Waals surface area contributed by atoms with Crippen LogP contribution in [0.4, 0.5) is 0 Å². The fraction of sp³-hybridized carbons (Fsp3) is 0.714. The van der Waals surface area contributed by atoms with Crippen LogP contribution in [0.3, 0.4) is 0 Å². The molecule has 4 nitrogen and oxygen atoms in total. The summed E-state index contributed by atoms with van der Waals surface area (Å²) in [6.07, 6.45) is 3.00. The molecule has 0 aromatic rings. The van der Waals surface area contributed by atoms with E-state index < -0.39 is 0 Å². The summed E-state index contributed by atoms with van der Waals surface area (Å²) in [6, 6.07) is 0. The van der Waals surface area contributed by atoms with Gasteiger partial charge in [-0.05, 0) is 0 Å². The highest BCUT2D eigenvalue weighted by molar-refractivity contribution is 5.03. The molecule has 4 heteroatoms. The van der Waals surface area contributed by atoms with E-state index in [1.54, 1.807) is 14.2 Å². The lowest BCUT2D eigenvalue weighted by atomic mass is 10.4. The molecule has 0 spiro atoms. The fourth-order valence-corrected chi connectivity index (χ4v) is 1.09. The molecule has 1 aliphatic rings. The van der Waals surface area contributed by atoms with Gasteiger partial charge in [-0.1, -0.05) is 0 Å². The molecule has 64 valence electrons. The summed E-state index contributed by atoms with van der Waals surface area (Å²) >= 11 is 0. The SMILES string of the molecule is COCN1C=C(NOC)CC1. The molecule has 1 heterocycles. The Morgan fingerprint density at radius 1 is 1.64 bits per heavy atom. The summed E-state index contributed by atoms with van der Waals surface area (Å²) in [4.78, 5) is 6.85. The monoisotopic (exact) mass is 158 g/mol. The van der Waals surface area contributed by atoms with E-state index in [0.717, 1.165) is 18.7 Å². The average Bonchev–Trinajstić information content (AvgIpc) is 2.38. The van der Waals surface area contributed by atoms with Gasteiger partial charge >= 0.3 is 0 Å². The normalized spacial score (nSPS) is 16.9. The van der Waals surface area contributed by atoms with Crippen LogP contribution in [0.5, 0.6) is 0 Å². The van der Waals surface area contributed by atoms with Gasteiger partial charge in [-0.3, -0.25) is 10.3 Å². The second kappa shape index (κ2) is 4.20. The smallest absolute Gasteiger partial charge is 0.118 e. The van der Waals surface area contributed by atoms with Gasteiger partial charge in [-0.2, -0.15) is 0 Å². The van der Waals surface area contributed by atoms with E-state index in [9.17, 15) is 0 Å². The highest BCUT2D eigenvalue weighted by Gasteiger charge is 2.10. The van der Waals surface area contributed by atoms with Crippen molar-refractivity contribution in [2.45, 2.75) is 6.42 Å². The Labute approximate surface area is 66.7 Å². The quantitative estimate of drug-likeness (QED) is 0.596. The van der Waals surface area contributed by atoms with Crippen LogP contribution in [0.15, 0.2) is 11.9 Å². The molecular formula is C7H14N2O2. The number of methoxy groups -OCH3 is 1. The van der Waals surface area contributed by atoms with Gasteiger partial charge in [0.15, 0.2) is 0 Å². The molecule has 0 saturated carbocycles. The molecule has 0 amide bonds. The number of nitrogens with zero attached hydrogens (tertiary/aromatic N) is 1.